The fourth-order valence-electron chi connectivity index (χ4n) is 1.44. The summed E-state index contributed by atoms with van der Waals surface area (Å²) in [6.07, 6.45) is 0. The van der Waals surface area contributed by atoms with Crippen LogP contribution < -0.4 is 9.47 Å². The third-order valence-corrected chi connectivity index (χ3v) is 2.50. The van der Waals surface area contributed by atoms with Gasteiger partial charge in [0.1, 0.15) is 11.5 Å². The highest BCUT2D eigenvalue weighted by atomic mass is 16.5. The molecule has 0 aliphatic carbocycles. The van der Waals surface area contributed by atoms with Crippen LogP contribution in [0.5, 0.6) is 11.5 Å². The minimum Gasteiger partial charge on any atom is -0.497 e. The van der Waals surface area contributed by atoms with Crippen molar-refractivity contribution in [3.05, 3.63) is 23.8 Å². The van der Waals surface area contributed by atoms with Gasteiger partial charge < -0.3 is 9.47 Å². The molecule has 0 amide bonds. The van der Waals surface area contributed by atoms with Crippen LogP contribution in [0.3, 0.4) is 0 Å². The Kier molecular flexibility index (Phi) is 3.58. The Hall–Kier alpha value is -1.22. The second kappa shape index (κ2) is 4.53. The van der Waals surface area contributed by atoms with Gasteiger partial charge in [-0.3, -0.25) is 0 Å². The van der Waals surface area contributed by atoms with Crippen LogP contribution in [-0.2, 0) is 10.5 Å². The van der Waals surface area contributed by atoms with E-state index in [9.17, 15) is 5.11 Å². The lowest BCUT2D eigenvalue weighted by Crippen LogP contribution is -2.22. The van der Waals surface area contributed by atoms with E-state index in [1.807, 2.05) is 26.0 Å². The molecule has 0 fully saturated rings. The first-order chi connectivity index (χ1) is 7.05. The Bertz CT molecular complexity index is 332. The lowest BCUT2D eigenvalue weighted by Gasteiger charge is -2.23. The Morgan fingerprint density at radius 2 is 1.87 bits per heavy atom. The summed E-state index contributed by atoms with van der Waals surface area (Å²) in [6, 6.07) is 5.53. The quantitative estimate of drug-likeness (QED) is 0.763. The zero-order chi connectivity index (χ0) is 11.5. The van der Waals surface area contributed by atoms with Gasteiger partial charge >= 0.3 is 0 Å². The molecule has 0 heterocycles. The zero-order valence-corrected chi connectivity index (χ0v) is 9.66. The van der Waals surface area contributed by atoms with E-state index in [0.29, 0.717) is 5.75 Å². The topological polar surface area (TPSA) is 38.4 Å². The monoisotopic (exact) mass is 209 g/mol. The molecule has 1 aromatic carbocycles. The normalized spacial score (nSPS) is 11.3. The van der Waals surface area contributed by atoms with Crippen molar-refractivity contribution in [3.63, 3.8) is 0 Å². The fraction of sp³-hybridized carbons (Fsp3) is 0.500. The van der Waals surface area contributed by atoms with Crippen molar-refractivity contribution < 1.29 is 14.6 Å². The second-order valence-corrected chi connectivity index (χ2v) is 4.09. The Morgan fingerprint density at radius 1 is 1.20 bits per heavy atom. The molecule has 0 aliphatic rings. The summed E-state index contributed by atoms with van der Waals surface area (Å²) in [4.78, 5) is 0. The lowest BCUT2D eigenvalue weighted by molar-refractivity contribution is 0.135. The minimum absolute atomic E-state index is 0.171. The van der Waals surface area contributed by atoms with Gasteiger partial charge in [-0.25, -0.2) is 5.11 Å². The largest absolute Gasteiger partial charge is 0.497 e. The molecule has 0 saturated heterocycles. The highest BCUT2D eigenvalue weighted by Gasteiger charge is 2.24. The van der Waals surface area contributed by atoms with E-state index in [1.54, 1.807) is 20.3 Å². The maximum atomic E-state index is 11.1. The highest BCUT2D eigenvalue weighted by molar-refractivity contribution is 5.44. The number of methoxy groups -OCH3 is 2. The van der Waals surface area contributed by atoms with Gasteiger partial charge in [0.15, 0.2) is 0 Å². The summed E-state index contributed by atoms with van der Waals surface area (Å²) >= 11 is 0. The molecular weight excluding hydrogens is 192 g/mol. The van der Waals surface area contributed by atoms with Crippen LogP contribution in [0.15, 0.2) is 18.2 Å². The van der Waals surface area contributed by atoms with Crippen LogP contribution in [0.25, 0.3) is 0 Å². The van der Waals surface area contributed by atoms with E-state index in [0.717, 1.165) is 11.3 Å². The summed E-state index contributed by atoms with van der Waals surface area (Å²) in [6.45, 7) is 3.64. The van der Waals surface area contributed by atoms with E-state index in [1.165, 1.54) is 0 Å². The van der Waals surface area contributed by atoms with Crippen molar-refractivity contribution in [1.82, 2.24) is 0 Å². The van der Waals surface area contributed by atoms with Crippen LogP contribution >= 0.6 is 0 Å². The third kappa shape index (κ3) is 2.42. The molecule has 83 valence electrons. The maximum absolute atomic E-state index is 11.1. The number of benzene rings is 1. The van der Waals surface area contributed by atoms with Gasteiger partial charge in [0.25, 0.3) is 0 Å². The van der Waals surface area contributed by atoms with Crippen LogP contribution in [0, 0.1) is 0 Å². The first kappa shape index (κ1) is 11.9. The molecule has 0 bridgehead atoms. The molecule has 3 heteroatoms. The number of ether oxygens (including phenoxy) is 2. The van der Waals surface area contributed by atoms with Gasteiger partial charge in [-0.1, -0.05) is 19.9 Å². The minimum atomic E-state index is -0.419. The van der Waals surface area contributed by atoms with Gasteiger partial charge in [0.2, 0.25) is 0 Å². The van der Waals surface area contributed by atoms with Gasteiger partial charge in [0.05, 0.1) is 20.8 Å². The summed E-state index contributed by atoms with van der Waals surface area (Å²) in [7, 11) is 3.20. The average molecular weight is 209 g/mol. The molecular formula is C12H17O3. The molecule has 3 nitrogen and oxygen atoms in total. The molecule has 0 aliphatic heterocycles. The standard InChI is InChI=1S/C12H17O3/c1-12(2,8-13)10-6-5-9(14-3)7-11(10)15-4/h5-7H,8H2,1-4H3. The first-order valence-electron chi connectivity index (χ1n) is 4.86. The van der Waals surface area contributed by atoms with Crippen molar-refractivity contribution in [2.45, 2.75) is 19.3 Å². The molecule has 0 N–H and O–H groups in total. The summed E-state index contributed by atoms with van der Waals surface area (Å²) in [5.41, 5.74) is 0.498. The van der Waals surface area contributed by atoms with Gasteiger partial charge in [-0.2, -0.15) is 0 Å². The fourth-order valence-corrected chi connectivity index (χ4v) is 1.44. The maximum Gasteiger partial charge on any atom is 0.126 e. The van der Waals surface area contributed by atoms with Crippen molar-refractivity contribution in [1.29, 1.82) is 0 Å². The van der Waals surface area contributed by atoms with Gasteiger partial charge in [-0.15, -0.1) is 0 Å². The molecule has 15 heavy (non-hydrogen) atoms. The highest BCUT2D eigenvalue weighted by Crippen LogP contribution is 2.33. The van der Waals surface area contributed by atoms with Gasteiger partial charge in [0, 0.05) is 17.0 Å². The molecule has 0 spiro atoms. The van der Waals surface area contributed by atoms with Crippen molar-refractivity contribution in [2.75, 3.05) is 20.8 Å². The van der Waals surface area contributed by atoms with Crippen LogP contribution in [0.4, 0.5) is 0 Å². The predicted molar refractivity (Wildman–Crippen MR) is 58.1 cm³/mol. The number of hydrogen-bond donors (Lipinski definition) is 0. The van der Waals surface area contributed by atoms with E-state index in [-0.39, 0.29) is 6.61 Å². The molecule has 0 atom stereocenters. The van der Waals surface area contributed by atoms with Crippen LogP contribution in [-0.4, -0.2) is 20.8 Å². The molecule has 0 saturated carbocycles. The molecule has 0 aromatic heterocycles. The van der Waals surface area contributed by atoms with Crippen LogP contribution in [0.1, 0.15) is 19.4 Å². The SMILES string of the molecule is COc1ccc(C(C)(C)C[O])c(OC)c1. The van der Waals surface area contributed by atoms with E-state index < -0.39 is 5.41 Å². The van der Waals surface area contributed by atoms with E-state index >= 15 is 0 Å². The molecule has 1 aromatic rings. The smallest absolute Gasteiger partial charge is 0.126 e. The number of hydrogen-bond acceptors (Lipinski definition) is 2. The summed E-state index contributed by atoms with van der Waals surface area (Å²) in [5.74, 6) is 1.44. The zero-order valence-electron chi connectivity index (χ0n) is 9.66. The Balaban J connectivity index is 3.18. The summed E-state index contributed by atoms with van der Waals surface area (Å²) in [5, 5.41) is 11.1. The Labute approximate surface area is 90.6 Å². The molecule has 1 radical (unpaired) electrons. The summed E-state index contributed by atoms with van der Waals surface area (Å²) < 4.78 is 10.4. The Morgan fingerprint density at radius 3 is 2.33 bits per heavy atom. The molecule has 1 rings (SSSR count). The molecule has 0 unspecified atom stereocenters. The average Bonchev–Trinajstić information content (AvgIpc) is 2.28. The van der Waals surface area contributed by atoms with Crippen molar-refractivity contribution >= 4 is 0 Å². The predicted octanol–water partition coefficient (Wildman–Crippen LogP) is 2.41. The third-order valence-electron chi connectivity index (χ3n) is 2.50. The van der Waals surface area contributed by atoms with Crippen molar-refractivity contribution in [3.8, 4) is 11.5 Å². The van der Waals surface area contributed by atoms with Crippen LogP contribution in [0.2, 0.25) is 0 Å². The van der Waals surface area contributed by atoms with Crippen molar-refractivity contribution in [2.24, 2.45) is 0 Å². The second-order valence-electron chi connectivity index (χ2n) is 4.09. The first-order valence-corrected chi connectivity index (χ1v) is 4.86. The van der Waals surface area contributed by atoms with E-state index in [2.05, 4.69) is 0 Å². The van der Waals surface area contributed by atoms with Gasteiger partial charge in [-0.05, 0) is 6.07 Å². The number of rotatable bonds is 4. The lowest BCUT2D eigenvalue weighted by atomic mass is 9.85. The van der Waals surface area contributed by atoms with E-state index in [4.69, 9.17) is 9.47 Å².